The Hall–Kier alpha value is -1.79. The van der Waals surface area contributed by atoms with Gasteiger partial charge in [0.05, 0.1) is 0 Å². The fourth-order valence-corrected chi connectivity index (χ4v) is 2.31. The van der Waals surface area contributed by atoms with E-state index in [-0.39, 0.29) is 0 Å². The van der Waals surface area contributed by atoms with Crippen molar-refractivity contribution in [1.82, 2.24) is 4.98 Å². The van der Waals surface area contributed by atoms with Gasteiger partial charge < -0.3 is 0 Å². The Morgan fingerprint density at radius 2 is 2.00 bits per heavy atom. The van der Waals surface area contributed by atoms with Crippen LogP contribution in [0.5, 0.6) is 0 Å². The van der Waals surface area contributed by atoms with E-state index in [1.54, 1.807) is 24.0 Å². The molecule has 0 aliphatic heterocycles. The van der Waals surface area contributed by atoms with Gasteiger partial charge in [0, 0.05) is 16.0 Å². The van der Waals surface area contributed by atoms with Crippen LogP contribution in [0.4, 0.5) is 0 Å². The molecule has 2 rings (SSSR count). The molecule has 0 saturated heterocycles. The maximum atomic E-state index is 8.75. The zero-order chi connectivity index (χ0) is 11.4. The molecule has 2 nitrogen and oxygen atoms in total. The van der Waals surface area contributed by atoms with Crippen LogP contribution in [0.2, 0.25) is 0 Å². The molecule has 0 bridgehead atoms. The van der Waals surface area contributed by atoms with E-state index in [1.165, 1.54) is 10.5 Å². The van der Waals surface area contributed by atoms with Gasteiger partial charge in [-0.05, 0) is 31.2 Å². The van der Waals surface area contributed by atoms with E-state index in [9.17, 15) is 0 Å². The Labute approximate surface area is 99.0 Å². The van der Waals surface area contributed by atoms with Crippen LogP contribution in [-0.2, 0) is 0 Å². The van der Waals surface area contributed by atoms with Crippen molar-refractivity contribution >= 4 is 11.8 Å². The van der Waals surface area contributed by atoms with E-state index < -0.39 is 0 Å². The third-order valence-corrected chi connectivity index (χ3v) is 3.05. The number of rotatable bonds is 2. The molecule has 0 radical (unpaired) electrons. The van der Waals surface area contributed by atoms with Gasteiger partial charge in [-0.2, -0.15) is 5.26 Å². The number of pyridine rings is 1. The molecule has 0 saturated carbocycles. The fourth-order valence-electron chi connectivity index (χ4n) is 1.35. The number of nitriles is 1. The normalized spacial score (nSPS) is 9.75. The van der Waals surface area contributed by atoms with E-state index in [2.05, 4.69) is 30.1 Å². The van der Waals surface area contributed by atoms with Gasteiger partial charge in [-0.25, -0.2) is 4.98 Å². The number of benzene rings is 1. The van der Waals surface area contributed by atoms with Crippen molar-refractivity contribution in [2.75, 3.05) is 0 Å². The van der Waals surface area contributed by atoms with Gasteiger partial charge in [-0.3, -0.25) is 0 Å². The molecule has 0 spiro atoms. The minimum Gasteiger partial charge on any atom is -0.245 e. The molecule has 1 heterocycles. The monoisotopic (exact) mass is 226 g/mol. The summed E-state index contributed by atoms with van der Waals surface area (Å²) in [6.45, 7) is 2.07. The molecular weight excluding hydrogens is 216 g/mol. The predicted molar refractivity (Wildman–Crippen MR) is 64.3 cm³/mol. The predicted octanol–water partition coefficient (Wildman–Crippen LogP) is 3.41. The van der Waals surface area contributed by atoms with Crippen LogP contribution in [0.15, 0.2) is 52.4 Å². The summed E-state index contributed by atoms with van der Waals surface area (Å²) in [4.78, 5) is 6.16. The first-order valence-electron chi connectivity index (χ1n) is 4.88. The summed E-state index contributed by atoms with van der Waals surface area (Å²) >= 11 is 1.64. The van der Waals surface area contributed by atoms with E-state index in [4.69, 9.17) is 5.26 Å². The fraction of sp³-hybridized carbons (Fsp3) is 0.0769. The summed E-state index contributed by atoms with van der Waals surface area (Å²) in [6, 6.07) is 14.0. The zero-order valence-electron chi connectivity index (χ0n) is 8.84. The number of hydrogen-bond acceptors (Lipinski definition) is 3. The highest BCUT2D eigenvalue weighted by molar-refractivity contribution is 7.99. The molecule has 0 N–H and O–H groups in total. The topological polar surface area (TPSA) is 36.7 Å². The summed E-state index contributed by atoms with van der Waals surface area (Å²) < 4.78 is 0. The lowest BCUT2D eigenvalue weighted by Gasteiger charge is -2.02. The first-order valence-corrected chi connectivity index (χ1v) is 5.70. The van der Waals surface area contributed by atoms with Crippen LogP contribution in [0.3, 0.4) is 0 Å². The first-order chi connectivity index (χ1) is 7.78. The van der Waals surface area contributed by atoms with Gasteiger partial charge in [0.2, 0.25) is 0 Å². The molecule has 0 amide bonds. The molecule has 0 atom stereocenters. The van der Waals surface area contributed by atoms with E-state index in [0.29, 0.717) is 5.69 Å². The zero-order valence-corrected chi connectivity index (χ0v) is 9.66. The Balaban J connectivity index is 2.24. The lowest BCUT2D eigenvalue weighted by molar-refractivity contribution is 1.21. The average Bonchev–Trinajstić information content (AvgIpc) is 2.29. The highest BCUT2D eigenvalue weighted by atomic mass is 32.2. The Morgan fingerprint density at radius 3 is 2.75 bits per heavy atom. The second-order valence-corrected chi connectivity index (χ2v) is 4.55. The van der Waals surface area contributed by atoms with Crippen molar-refractivity contribution < 1.29 is 0 Å². The molecule has 78 valence electrons. The van der Waals surface area contributed by atoms with Gasteiger partial charge in [0.25, 0.3) is 0 Å². The Morgan fingerprint density at radius 1 is 1.19 bits per heavy atom. The van der Waals surface area contributed by atoms with Crippen LogP contribution < -0.4 is 0 Å². The van der Waals surface area contributed by atoms with Crippen molar-refractivity contribution in [2.24, 2.45) is 0 Å². The summed E-state index contributed by atoms with van der Waals surface area (Å²) in [5.74, 6) is 0. The Bertz CT molecular complexity index is 544. The van der Waals surface area contributed by atoms with Crippen LogP contribution >= 0.6 is 11.8 Å². The van der Waals surface area contributed by atoms with Gasteiger partial charge in [0.15, 0.2) is 0 Å². The lowest BCUT2D eigenvalue weighted by atomic mass is 10.2. The maximum Gasteiger partial charge on any atom is 0.141 e. The smallest absolute Gasteiger partial charge is 0.141 e. The quantitative estimate of drug-likeness (QED) is 0.787. The summed E-state index contributed by atoms with van der Waals surface area (Å²) in [6.07, 6.45) is 1.66. The van der Waals surface area contributed by atoms with Gasteiger partial charge in [0.1, 0.15) is 11.8 Å². The maximum absolute atomic E-state index is 8.75. The highest BCUT2D eigenvalue weighted by Gasteiger charge is 1.99. The van der Waals surface area contributed by atoms with Crippen molar-refractivity contribution in [3.63, 3.8) is 0 Å². The second-order valence-electron chi connectivity index (χ2n) is 3.41. The summed E-state index contributed by atoms with van der Waals surface area (Å²) in [5, 5.41) is 8.75. The van der Waals surface area contributed by atoms with Crippen molar-refractivity contribution in [3.8, 4) is 6.07 Å². The van der Waals surface area contributed by atoms with Gasteiger partial charge in [-0.15, -0.1) is 0 Å². The summed E-state index contributed by atoms with van der Waals surface area (Å²) in [7, 11) is 0. The SMILES string of the molecule is Cc1cccc(Sc2ccnc(C#N)c2)c1. The molecule has 0 aliphatic rings. The van der Waals surface area contributed by atoms with Crippen molar-refractivity contribution in [2.45, 2.75) is 16.7 Å². The molecular formula is C13H10N2S. The standard InChI is InChI=1S/C13H10N2S/c1-10-3-2-4-12(7-10)16-13-5-6-15-11(8-13)9-14/h2-8H,1H3. The number of aryl methyl sites for hydroxylation is 1. The average molecular weight is 226 g/mol. The molecule has 16 heavy (non-hydrogen) atoms. The lowest BCUT2D eigenvalue weighted by Crippen LogP contribution is -1.82. The molecule has 1 aromatic heterocycles. The number of nitrogens with zero attached hydrogens (tertiary/aromatic N) is 2. The molecule has 2 aromatic rings. The largest absolute Gasteiger partial charge is 0.245 e. The van der Waals surface area contributed by atoms with Crippen LogP contribution in [0, 0.1) is 18.3 Å². The molecule has 0 aliphatic carbocycles. The van der Waals surface area contributed by atoms with Crippen molar-refractivity contribution in [3.05, 3.63) is 53.9 Å². The van der Waals surface area contributed by atoms with Crippen LogP contribution in [0.25, 0.3) is 0 Å². The second kappa shape index (κ2) is 4.82. The van der Waals surface area contributed by atoms with Crippen LogP contribution in [0.1, 0.15) is 11.3 Å². The number of hydrogen-bond donors (Lipinski definition) is 0. The van der Waals surface area contributed by atoms with E-state index >= 15 is 0 Å². The van der Waals surface area contributed by atoms with Gasteiger partial charge >= 0.3 is 0 Å². The highest BCUT2D eigenvalue weighted by Crippen LogP contribution is 2.27. The van der Waals surface area contributed by atoms with E-state index in [0.717, 1.165) is 4.90 Å². The van der Waals surface area contributed by atoms with Gasteiger partial charge in [-0.1, -0.05) is 29.5 Å². The summed E-state index contributed by atoms with van der Waals surface area (Å²) in [5.41, 5.74) is 1.69. The minimum absolute atomic E-state index is 0.456. The third kappa shape index (κ3) is 2.62. The molecule has 1 aromatic carbocycles. The van der Waals surface area contributed by atoms with E-state index in [1.807, 2.05) is 18.2 Å². The Kier molecular flexibility index (Phi) is 3.23. The minimum atomic E-state index is 0.456. The first kappa shape index (κ1) is 10.7. The molecule has 3 heteroatoms. The van der Waals surface area contributed by atoms with Crippen LogP contribution in [-0.4, -0.2) is 4.98 Å². The number of aromatic nitrogens is 1. The molecule has 0 unspecified atom stereocenters. The third-order valence-electron chi connectivity index (χ3n) is 2.07. The van der Waals surface area contributed by atoms with Crippen molar-refractivity contribution in [1.29, 1.82) is 5.26 Å². The molecule has 0 fully saturated rings.